The van der Waals surface area contributed by atoms with Crippen LogP contribution in [0.25, 0.3) is 0 Å². The van der Waals surface area contributed by atoms with Gasteiger partial charge in [0.05, 0.1) is 29.9 Å². The number of likely N-dealkylation sites (tertiary alicyclic amines) is 1. The number of rotatable bonds is 8. The average Bonchev–Trinajstić information content (AvgIpc) is 3.32. The molecule has 3 amide bonds. The molecule has 15 heteroatoms. The molecule has 214 valence electrons. The summed E-state index contributed by atoms with van der Waals surface area (Å²) >= 11 is 1.51. The quantitative estimate of drug-likeness (QED) is 0.374. The number of thioether (sulfide) groups is 1. The van der Waals surface area contributed by atoms with E-state index in [2.05, 4.69) is 16.8 Å². The van der Waals surface area contributed by atoms with Crippen LogP contribution >= 0.6 is 11.8 Å². The van der Waals surface area contributed by atoms with Gasteiger partial charge in [-0.2, -0.15) is 5.26 Å². The van der Waals surface area contributed by atoms with Gasteiger partial charge in [0.1, 0.15) is 11.6 Å². The van der Waals surface area contributed by atoms with Gasteiger partial charge >= 0.3 is 6.09 Å². The Morgan fingerprint density at radius 1 is 1.21 bits per heavy atom. The molecule has 13 nitrogen and oxygen atoms in total. The number of piperidine rings is 1. The van der Waals surface area contributed by atoms with Gasteiger partial charge in [0, 0.05) is 30.6 Å². The summed E-state index contributed by atoms with van der Waals surface area (Å²) in [4.78, 5) is 41.5. The van der Waals surface area contributed by atoms with Crippen molar-refractivity contribution in [3.63, 3.8) is 0 Å². The Hall–Kier alpha value is -2.90. The lowest BCUT2D eigenvalue weighted by Crippen LogP contribution is -2.57. The first-order valence-electron chi connectivity index (χ1n) is 12.4. The smallest absolute Gasteiger partial charge is 0.422 e. The fourth-order valence-corrected chi connectivity index (χ4v) is 5.85. The van der Waals surface area contributed by atoms with Gasteiger partial charge in [-0.05, 0) is 57.9 Å². The molecule has 3 rings (SSSR count). The maximum Gasteiger partial charge on any atom is 0.422 e. The van der Waals surface area contributed by atoms with Gasteiger partial charge in [0.15, 0.2) is 0 Å². The van der Waals surface area contributed by atoms with Crippen molar-refractivity contribution in [3.8, 4) is 6.07 Å². The molecular weight excluding hydrogens is 546 g/mol. The molecule has 4 N–H and O–H groups in total. The summed E-state index contributed by atoms with van der Waals surface area (Å²) < 4.78 is 28.2. The van der Waals surface area contributed by atoms with E-state index in [-0.39, 0.29) is 35.8 Å². The summed E-state index contributed by atoms with van der Waals surface area (Å²) in [5.41, 5.74) is 2.45. The lowest BCUT2D eigenvalue weighted by atomic mass is 10.0. The first-order chi connectivity index (χ1) is 18.2. The molecule has 2 aliphatic rings. The second-order valence-corrected chi connectivity index (χ2v) is 12.9. The Labute approximate surface area is 233 Å². The predicted octanol–water partition coefficient (Wildman–Crippen LogP) is 0.904. The fraction of sp³-hybridized carbons (Fsp3) is 0.583. The Bertz CT molecular complexity index is 1190. The van der Waals surface area contributed by atoms with Gasteiger partial charge in [-0.3, -0.25) is 19.9 Å². The molecule has 0 bridgehead atoms. The van der Waals surface area contributed by atoms with Crippen molar-refractivity contribution < 1.29 is 27.5 Å². The molecule has 2 saturated heterocycles. The minimum atomic E-state index is -3.81. The molecule has 2 aliphatic heterocycles. The first-order valence-corrected chi connectivity index (χ1v) is 15.1. The third-order valence-electron chi connectivity index (χ3n) is 6.12. The number of amides is 3. The van der Waals surface area contributed by atoms with Crippen LogP contribution in [0.1, 0.15) is 33.6 Å². The number of nitriles is 1. The van der Waals surface area contributed by atoms with Crippen molar-refractivity contribution in [1.82, 2.24) is 20.2 Å². The van der Waals surface area contributed by atoms with E-state index in [1.54, 1.807) is 25.8 Å². The molecule has 1 unspecified atom stereocenters. The summed E-state index contributed by atoms with van der Waals surface area (Å²) in [6.07, 6.45) is 0.490. The number of hydrogen-bond acceptors (Lipinski definition) is 10. The molecule has 1 aromatic rings. The molecule has 0 spiro atoms. The summed E-state index contributed by atoms with van der Waals surface area (Å²) in [6, 6.07) is 7.05. The Kier molecular flexibility index (Phi) is 10.2. The van der Waals surface area contributed by atoms with Gasteiger partial charge in [0.25, 0.3) is 0 Å². The van der Waals surface area contributed by atoms with Gasteiger partial charge in [-0.25, -0.2) is 23.4 Å². The number of carbonyl (C=O) groups is 3. The topological polar surface area (TPSA) is 178 Å². The average molecular weight is 582 g/mol. The van der Waals surface area contributed by atoms with Crippen molar-refractivity contribution >= 4 is 45.4 Å². The molecule has 39 heavy (non-hydrogen) atoms. The second kappa shape index (κ2) is 13.0. The van der Waals surface area contributed by atoms with Crippen LogP contribution in [0.4, 0.5) is 10.5 Å². The fourth-order valence-electron chi connectivity index (χ4n) is 4.23. The van der Waals surface area contributed by atoms with Crippen molar-refractivity contribution in [1.29, 1.82) is 5.26 Å². The van der Waals surface area contributed by atoms with E-state index < -0.39 is 27.8 Å². The van der Waals surface area contributed by atoms with Crippen molar-refractivity contribution in [2.45, 2.75) is 56.2 Å². The van der Waals surface area contributed by atoms with Crippen LogP contribution in [0.5, 0.6) is 0 Å². The standard InChI is InChI=1S/C24H35N7O6S2/c1-24(2,3)37-23(34)28-31(14-22(33)30-16-38-15-19(30)12-25)18-8-10-29(11-9-18)13-21(32)27-17-4-6-20(7-5-17)39(26,35)36/h4-7,18-19H,8-11,13-16H2,1-3H3,(H,27,32)(H,28,34)(H2,26,35,36). The second-order valence-electron chi connectivity index (χ2n) is 10.4. The zero-order valence-corrected chi connectivity index (χ0v) is 23.9. The van der Waals surface area contributed by atoms with Crippen molar-refractivity contribution in [2.24, 2.45) is 5.14 Å². The molecule has 1 aromatic carbocycles. The van der Waals surface area contributed by atoms with E-state index in [4.69, 9.17) is 9.88 Å². The van der Waals surface area contributed by atoms with E-state index >= 15 is 0 Å². The van der Waals surface area contributed by atoms with Crippen LogP contribution < -0.4 is 15.9 Å². The predicted molar refractivity (Wildman–Crippen MR) is 146 cm³/mol. The highest BCUT2D eigenvalue weighted by Crippen LogP contribution is 2.22. The lowest BCUT2D eigenvalue weighted by molar-refractivity contribution is -0.133. The molecule has 0 aromatic heterocycles. The summed E-state index contributed by atoms with van der Waals surface area (Å²) in [7, 11) is -3.81. The van der Waals surface area contributed by atoms with E-state index in [1.165, 1.54) is 40.9 Å². The minimum Gasteiger partial charge on any atom is -0.443 e. The normalized spacial score (nSPS) is 19.0. The first kappa shape index (κ1) is 30.6. The highest BCUT2D eigenvalue weighted by Gasteiger charge is 2.34. The highest BCUT2D eigenvalue weighted by atomic mass is 32.2. The zero-order valence-electron chi connectivity index (χ0n) is 22.3. The van der Waals surface area contributed by atoms with Gasteiger partial charge in [-0.15, -0.1) is 11.8 Å². The number of primary sulfonamides is 1. The molecular formula is C24H35N7O6S2. The number of anilines is 1. The largest absolute Gasteiger partial charge is 0.443 e. The lowest BCUT2D eigenvalue weighted by Gasteiger charge is -2.38. The number of sulfonamides is 1. The van der Waals surface area contributed by atoms with E-state index in [0.717, 1.165) is 0 Å². The molecule has 2 heterocycles. The van der Waals surface area contributed by atoms with Crippen molar-refractivity contribution in [3.05, 3.63) is 24.3 Å². The van der Waals surface area contributed by atoms with Crippen LogP contribution in [-0.2, 0) is 24.3 Å². The number of carbonyl (C=O) groups excluding carboxylic acids is 3. The van der Waals surface area contributed by atoms with Gasteiger partial charge in [-0.1, -0.05) is 0 Å². The number of ether oxygens (including phenoxy) is 1. The van der Waals surface area contributed by atoms with Crippen molar-refractivity contribution in [2.75, 3.05) is 43.1 Å². The Morgan fingerprint density at radius 2 is 1.85 bits per heavy atom. The number of hydrazine groups is 1. The van der Waals surface area contributed by atoms with Gasteiger partial charge in [0.2, 0.25) is 21.8 Å². The number of nitrogens with one attached hydrogen (secondary N) is 2. The Balaban J connectivity index is 1.57. The number of benzene rings is 1. The summed E-state index contributed by atoms with van der Waals surface area (Å²) in [5, 5.41) is 18.8. The van der Waals surface area contributed by atoms with Crippen LogP contribution in [0, 0.1) is 11.3 Å². The molecule has 0 saturated carbocycles. The zero-order chi connectivity index (χ0) is 28.8. The molecule has 0 radical (unpaired) electrons. The number of hydrogen-bond donors (Lipinski definition) is 3. The van der Waals surface area contributed by atoms with Crippen LogP contribution in [-0.4, -0.2) is 96.6 Å². The maximum atomic E-state index is 13.0. The van der Waals surface area contributed by atoms with E-state index in [0.29, 0.717) is 43.2 Å². The number of nitrogens with zero attached hydrogens (tertiary/aromatic N) is 4. The molecule has 1 atom stereocenters. The third-order valence-corrected chi connectivity index (χ3v) is 8.06. The van der Waals surface area contributed by atoms with E-state index in [9.17, 15) is 28.1 Å². The third kappa shape index (κ3) is 9.36. The monoisotopic (exact) mass is 581 g/mol. The van der Waals surface area contributed by atoms with Crippen LogP contribution in [0.3, 0.4) is 0 Å². The SMILES string of the molecule is CC(C)(C)OC(=O)NN(CC(=O)N1CSCC1C#N)C1CCN(CC(=O)Nc2ccc(S(N)(=O)=O)cc2)CC1. The highest BCUT2D eigenvalue weighted by molar-refractivity contribution is 7.99. The van der Waals surface area contributed by atoms with Crippen LogP contribution in [0.15, 0.2) is 29.2 Å². The minimum absolute atomic E-state index is 0.0442. The summed E-state index contributed by atoms with van der Waals surface area (Å²) in [5.74, 6) is 0.469. The summed E-state index contributed by atoms with van der Waals surface area (Å²) in [6.45, 7) is 6.36. The van der Waals surface area contributed by atoms with Gasteiger partial charge < -0.3 is 15.0 Å². The van der Waals surface area contributed by atoms with E-state index in [1.807, 2.05) is 4.90 Å². The Morgan fingerprint density at radius 3 is 2.41 bits per heavy atom. The molecule has 2 fully saturated rings. The maximum absolute atomic E-state index is 13.0. The molecule has 0 aliphatic carbocycles. The van der Waals surface area contributed by atoms with Crippen LogP contribution in [0.2, 0.25) is 0 Å². The number of nitrogens with two attached hydrogens (primary N) is 1.